The van der Waals surface area contributed by atoms with E-state index in [1.807, 2.05) is 0 Å². The van der Waals surface area contributed by atoms with Crippen LogP contribution in [0.2, 0.25) is 0 Å². The average molecular weight is 340 g/mol. The van der Waals surface area contributed by atoms with Crippen LogP contribution in [0.1, 0.15) is 5.69 Å². The summed E-state index contributed by atoms with van der Waals surface area (Å²) < 4.78 is 5.77. The number of nitro groups is 1. The van der Waals surface area contributed by atoms with Crippen LogP contribution in [0.5, 0.6) is 5.75 Å². The van der Waals surface area contributed by atoms with Crippen LogP contribution in [0.15, 0.2) is 35.1 Å². The van der Waals surface area contributed by atoms with Gasteiger partial charge in [0.25, 0.3) is 5.69 Å². The first-order valence-corrected chi connectivity index (χ1v) is 6.24. The lowest BCUT2D eigenvalue weighted by atomic mass is 10.3. The number of nitrogens with zero attached hydrogens (tertiary/aromatic N) is 3. The quantitative estimate of drug-likeness (QED) is 0.486. The summed E-state index contributed by atoms with van der Waals surface area (Å²) >= 11 is 3.15. The Kier molecular flexibility index (Phi) is 4.43. The summed E-state index contributed by atoms with van der Waals surface area (Å²) in [5.74, 6) is 5.97. The molecule has 0 bridgehead atoms. The highest BCUT2D eigenvalue weighted by Crippen LogP contribution is 2.34. The third kappa shape index (κ3) is 3.19. The van der Waals surface area contributed by atoms with Crippen LogP contribution >= 0.6 is 15.9 Å². The van der Waals surface area contributed by atoms with Gasteiger partial charge in [0, 0.05) is 6.07 Å². The Bertz CT molecular complexity index is 620. The minimum Gasteiger partial charge on any atom is -0.486 e. The number of nitrogens with two attached hydrogens (primary N) is 1. The summed E-state index contributed by atoms with van der Waals surface area (Å²) in [4.78, 5) is 18.4. The smallest absolute Gasteiger partial charge is 0.287 e. The van der Waals surface area contributed by atoms with Crippen LogP contribution in [-0.2, 0) is 6.61 Å². The maximum atomic E-state index is 10.8. The molecule has 0 amide bonds. The Morgan fingerprint density at radius 3 is 2.80 bits per heavy atom. The molecule has 0 saturated carbocycles. The van der Waals surface area contributed by atoms with Crippen molar-refractivity contribution in [2.45, 2.75) is 6.61 Å². The van der Waals surface area contributed by atoms with Crippen molar-refractivity contribution in [3.63, 3.8) is 0 Å². The number of rotatable bonds is 5. The molecule has 1 aromatic carbocycles. The maximum Gasteiger partial charge on any atom is 0.287 e. The molecule has 0 fully saturated rings. The third-order valence-electron chi connectivity index (χ3n) is 2.37. The maximum absolute atomic E-state index is 10.8. The van der Waals surface area contributed by atoms with Gasteiger partial charge in [0.15, 0.2) is 5.82 Å². The molecule has 0 aliphatic carbocycles. The Hall–Kier alpha value is -2.26. The zero-order chi connectivity index (χ0) is 14.5. The van der Waals surface area contributed by atoms with E-state index in [-0.39, 0.29) is 12.3 Å². The van der Waals surface area contributed by atoms with Gasteiger partial charge in [-0.05, 0) is 22.0 Å². The number of hydrazine groups is 1. The van der Waals surface area contributed by atoms with Crippen LogP contribution in [-0.4, -0.2) is 14.9 Å². The summed E-state index contributed by atoms with van der Waals surface area (Å²) in [6.45, 7) is 0.137. The van der Waals surface area contributed by atoms with Gasteiger partial charge in [-0.3, -0.25) is 15.1 Å². The number of anilines is 1. The zero-order valence-corrected chi connectivity index (χ0v) is 11.7. The first kappa shape index (κ1) is 14.2. The number of hydrogen-bond donors (Lipinski definition) is 2. The molecule has 0 aliphatic rings. The van der Waals surface area contributed by atoms with E-state index < -0.39 is 4.92 Å². The van der Waals surface area contributed by atoms with Gasteiger partial charge in [0.2, 0.25) is 0 Å². The molecule has 0 atom stereocenters. The standard InChI is InChI=1S/C11H10BrN5O3/c12-11-8(17(18)19)2-1-3-9(11)20-6-7-4-15-10(16-13)5-14-7/h1-5H,6,13H2,(H,15,16). The summed E-state index contributed by atoms with van der Waals surface area (Å²) in [7, 11) is 0. The van der Waals surface area contributed by atoms with Crippen LogP contribution in [0, 0.1) is 10.1 Å². The average Bonchev–Trinajstić information content (AvgIpc) is 2.46. The Morgan fingerprint density at radius 2 is 2.20 bits per heavy atom. The molecule has 0 saturated heterocycles. The highest BCUT2D eigenvalue weighted by atomic mass is 79.9. The molecule has 9 heteroatoms. The van der Waals surface area contributed by atoms with Gasteiger partial charge in [0.05, 0.1) is 23.0 Å². The van der Waals surface area contributed by atoms with E-state index in [1.54, 1.807) is 12.1 Å². The van der Waals surface area contributed by atoms with Crippen LogP contribution in [0.25, 0.3) is 0 Å². The van der Waals surface area contributed by atoms with Crippen molar-refractivity contribution < 1.29 is 9.66 Å². The van der Waals surface area contributed by atoms with Crippen molar-refractivity contribution >= 4 is 27.4 Å². The molecule has 20 heavy (non-hydrogen) atoms. The van der Waals surface area contributed by atoms with E-state index in [9.17, 15) is 10.1 Å². The van der Waals surface area contributed by atoms with Crippen molar-refractivity contribution in [1.82, 2.24) is 9.97 Å². The van der Waals surface area contributed by atoms with E-state index >= 15 is 0 Å². The van der Waals surface area contributed by atoms with Crippen molar-refractivity contribution in [2.24, 2.45) is 5.84 Å². The molecule has 0 aliphatic heterocycles. The lowest BCUT2D eigenvalue weighted by Crippen LogP contribution is -2.09. The van der Waals surface area contributed by atoms with Gasteiger partial charge in [-0.25, -0.2) is 10.8 Å². The molecule has 2 aromatic rings. The highest BCUT2D eigenvalue weighted by Gasteiger charge is 2.15. The fraction of sp³-hybridized carbons (Fsp3) is 0.0909. The van der Waals surface area contributed by atoms with Crippen molar-refractivity contribution in [1.29, 1.82) is 0 Å². The molecule has 8 nitrogen and oxygen atoms in total. The lowest BCUT2D eigenvalue weighted by Gasteiger charge is -2.08. The predicted molar refractivity (Wildman–Crippen MR) is 75.0 cm³/mol. The number of aromatic nitrogens is 2. The second kappa shape index (κ2) is 6.26. The minimum atomic E-state index is -0.488. The van der Waals surface area contributed by atoms with Gasteiger partial charge in [-0.1, -0.05) is 6.07 Å². The van der Waals surface area contributed by atoms with E-state index in [0.29, 0.717) is 21.7 Å². The topological polar surface area (TPSA) is 116 Å². The normalized spacial score (nSPS) is 10.1. The van der Waals surface area contributed by atoms with Gasteiger partial charge in [-0.15, -0.1) is 0 Å². The lowest BCUT2D eigenvalue weighted by molar-refractivity contribution is -0.385. The fourth-order valence-corrected chi connectivity index (χ4v) is 1.93. The Balaban J connectivity index is 2.10. The molecular formula is C11H10BrN5O3. The zero-order valence-electron chi connectivity index (χ0n) is 10.1. The Morgan fingerprint density at radius 1 is 1.40 bits per heavy atom. The predicted octanol–water partition coefficient (Wildman–Crippen LogP) is 2.01. The number of nitro benzene ring substituents is 1. The van der Waals surface area contributed by atoms with Gasteiger partial charge < -0.3 is 10.2 Å². The number of hydrogen-bond acceptors (Lipinski definition) is 7. The summed E-state index contributed by atoms with van der Waals surface area (Å²) in [6.07, 6.45) is 2.96. The van der Waals surface area contributed by atoms with E-state index in [4.69, 9.17) is 10.6 Å². The van der Waals surface area contributed by atoms with Crippen molar-refractivity contribution in [3.8, 4) is 5.75 Å². The first-order valence-electron chi connectivity index (χ1n) is 5.45. The molecule has 1 aromatic heterocycles. The molecule has 0 spiro atoms. The number of benzene rings is 1. The molecule has 0 unspecified atom stereocenters. The van der Waals surface area contributed by atoms with Crippen LogP contribution < -0.4 is 16.0 Å². The molecule has 2 rings (SSSR count). The number of halogens is 1. The third-order valence-corrected chi connectivity index (χ3v) is 3.17. The van der Waals surface area contributed by atoms with Gasteiger partial charge in [-0.2, -0.15) is 0 Å². The van der Waals surface area contributed by atoms with Crippen molar-refractivity contribution in [3.05, 3.63) is 50.9 Å². The van der Waals surface area contributed by atoms with Gasteiger partial charge in [0.1, 0.15) is 16.8 Å². The second-order valence-corrected chi connectivity index (χ2v) is 4.47. The number of nitrogens with one attached hydrogen (secondary N) is 1. The van der Waals surface area contributed by atoms with E-state index in [1.165, 1.54) is 18.5 Å². The largest absolute Gasteiger partial charge is 0.486 e. The Labute approximate surface area is 122 Å². The molecule has 1 heterocycles. The summed E-state index contributed by atoms with van der Waals surface area (Å²) in [5, 5.41) is 10.8. The number of nitrogen functional groups attached to an aromatic ring is 1. The fourth-order valence-electron chi connectivity index (χ4n) is 1.41. The molecule has 3 N–H and O–H groups in total. The summed E-state index contributed by atoms with van der Waals surface area (Å²) in [5.41, 5.74) is 2.87. The van der Waals surface area contributed by atoms with Gasteiger partial charge >= 0.3 is 0 Å². The van der Waals surface area contributed by atoms with Crippen LogP contribution in [0.3, 0.4) is 0 Å². The monoisotopic (exact) mass is 339 g/mol. The van der Waals surface area contributed by atoms with E-state index in [2.05, 4.69) is 31.3 Å². The SMILES string of the molecule is NNc1cnc(COc2cccc([N+](=O)[O-])c2Br)cn1. The summed E-state index contributed by atoms with van der Waals surface area (Å²) in [6, 6.07) is 4.56. The highest BCUT2D eigenvalue weighted by molar-refractivity contribution is 9.10. The molecule has 0 radical (unpaired) electrons. The number of ether oxygens (including phenoxy) is 1. The van der Waals surface area contributed by atoms with E-state index in [0.717, 1.165) is 0 Å². The van der Waals surface area contributed by atoms with Crippen LogP contribution in [0.4, 0.5) is 11.5 Å². The molecule has 104 valence electrons. The van der Waals surface area contributed by atoms with Crippen molar-refractivity contribution in [2.75, 3.05) is 5.43 Å². The molecular weight excluding hydrogens is 330 g/mol. The minimum absolute atomic E-state index is 0.0590. The second-order valence-electron chi connectivity index (χ2n) is 3.67. The first-order chi connectivity index (χ1) is 9.61.